The topological polar surface area (TPSA) is 69.6 Å². The molecule has 1 rings (SSSR count). The summed E-state index contributed by atoms with van der Waals surface area (Å²) in [4.78, 5) is 25.5. The van der Waals surface area contributed by atoms with E-state index in [1.807, 2.05) is 13.8 Å². The number of rotatable bonds is 3. The van der Waals surface area contributed by atoms with E-state index >= 15 is 0 Å². The van der Waals surface area contributed by atoms with E-state index in [2.05, 4.69) is 5.32 Å². The van der Waals surface area contributed by atoms with Crippen LogP contribution in [0.2, 0.25) is 0 Å². The first-order chi connectivity index (χ1) is 8.47. The molecule has 1 fully saturated rings. The minimum atomic E-state index is -0.774. The lowest BCUT2D eigenvalue weighted by atomic mass is 9.82. The number of aliphatic hydroxyl groups is 1. The van der Waals surface area contributed by atoms with Crippen LogP contribution in [0.5, 0.6) is 0 Å². The number of hydrogen-bond donors (Lipinski definition) is 2. The molecule has 1 unspecified atom stereocenters. The summed E-state index contributed by atoms with van der Waals surface area (Å²) in [6.45, 7) is 11.7. The fourth-order valence-corrected chi connectivity index (χ4v) is 1.88. The number of β-amino-alcohol motifs (C(OH)–C–C–N with tert-alkyl or cyclic N) is 1. The molecule has 2 amide bonds. The second-order valence-electron chi connectivity index (χ2n) is 6.90. The summed E-state index contributed by atoms with van der Waals surface area (Å²) in [7, 11) is 0. The zero-order valence-corrected chi connectivity index (χ0v) is 12.8. The number of carbonyl (C=O) groups is 2. The lowest BCUT2D eigenvalue weighted by Gasteiger charge is -2.49. The molecule has 110 valence electrons. The Morgan fingerprint density at radius 3 is 2.05 bits per heavy atom. The summed E-state index contributed by atoms with van der Waals surface area (Å²) in [5, 5.41) is 12.8. The quantitative estimate of drug-likeness (QED) is 0.795. The monoisotopic (exact) mass is 270 g/mol. The zero-order chi connectivity index (χ0) is 15.0. The Kier molecular flexibility index (Phi) is 4.30. The van der Waals surface area contributed by atoms with Crippen LogP contribution in [0.1, 0.15) is 41.5 Å². The molecule has 1 saturated heterocycles. The third-order valence-electron chi connectivity index (χ3n) is 3.71. The number of nitrogens with one attached hydrogen (secondary N) is 1. The van der Waals surface area contributed by atoms with Crippen LogP contribution in [0, 0.1) is 11.3 Å². The Morgan fingerprint density at radius 1 is 1.21 bits per heavy atom. The average molecular weight is 270 g/mol. The molecule has 1 atom stereocenters. The highest BCUT2D eigenvalue weighted by Gasteiger charge is 2.46. The molecule has 5 heteroatoms. The van der Waals surface area contributed by atoms with E-state index < -0.39 is 17.1 Å². The maximum atomic E-state index is 12.1. The van der Waals surface area contributed by atoms with Gasteiger partial charge in [0, 0.05) is 5.41 Å². The Morgan fingerprint density at radius 2 is 1.68 bits per heavy atom. The maximum absolute atomic E-state index is 12.1. The predicted molar refractivity (Wildman–Crippen MR) is 73.4 cm³/mol. The molecule has 0 spiro atoms. The number of likely N-dealkylation sites (tertiary alicyclic amines) is 1. The van der Waals surface area contributed by atoms with Gasteiger partial charge in [0.1, 0.15) is 11.6 Å². The third-order valence-corrected chi connectivity index (χ3v) is 3.71. The molecular formula is C14H26N2O3. The average Bonchev–Trinajstić information content (AvgIpc) is 2.21. The first-order valence-electron chi connectivity index (χ1n) is 6.79. The molecule has 1 aliphatic rings. The molecular weight excluding hydrogens is 244 g/mol. The van der Waals surface area contributed by atoms with Gasteiger partial charge in [-0.25, -0.2) is 0 Å². The smallest absolute Gasteiger partial charge is 0.245 e. The zero-order valence-electron chi connectivity index (χ0n) is 12.8. The Hall–Kier alpha value is -1.10. The van der Waals surface area contributed by atoms with E-state index in [9.17, 15) is 14.7 Å². The van der Waals surface area contributed by atoms with Crippen LogP contribution in [0.3, 0.4) is 0 Å². The van der Waals surface area contributed by atoms with Crippen LogP contribution < -0.4 is 5.32 Å². The van der Waals surface area contributed by atoms with E-state index in [4.69, 9.17) is 0 Å². The van der Waals surface area contributed by atoms with Gasteiger partial charge in [0.15, 0.2) is 0 Å². The molecule has 0 saturated carbocycles. The molecule has 1 aliphatic heterocycles. The summed E-state index contributed by atoms with van der Waals surface area (Å²) in [5.74, 6) is -0.160. The van der Waals surface area contributed by atoms with Crippen molar-refractivity contribution in [2.24, 2.45) is 11.3 Å². The molecule has 5 nitrogen and oxygen atoms in total. The normalized spacial score (nSPS) is 19.9. The first-order valence-corrected chi connectivity index (χ1v) is 6.79. The summed E-state index contributed by atoms with van der Waals surface area (Å²) in [5.41, 5.74) is -1.29. The minimum Gasteiger partial charge on any atom is -0.386 e. The largest absolute Gasteiger partial charge is 0.386 e. The van der Waals surface area contributed by atoms with Gasteiger partial charge in [-0.1, -0.05) is 34.6 Å². The van der Waals surface area contributed by atoms with Crippen LogP contribution >= 0.6 is 0 Å². The Bertz CT molecular complexity index is 365. The molecule has 1 heterocycles. The second kappa shape index (κ2) is 5.12. The molecule has 0 aromatic rings. The van der Waals surface area contributed by atoms with Crippen molar-refractivity contribution in [3.8, 4) is 0 Å². The van der Waals surface area contributed by atoms with E-state index in [1.165, 1.54) is 0 Å². The van der Waals surface area contributed by atoms with Crippen LogP contribution in [-0.4, -0.2) is 46.6 Å². The van der Waals surface area contributed by atoms with Crippen molar-refractivity contribution in [3.05, 3.63) is 0 Å². The van der Waals surface area contributed by atoms with Gasteiger partial charge < -0.3 is 15.3 Å². The molecule has 0 aromatic carbocycles. The highest BCUT2D eigenvalue weighted by molar-refractivity contribution is 5.89. The first kappa shape index (κ1) is 16.0. The summed E-state index contributed by atoms with van der Waals surface area (Å²) in [6.07, 6.45) is 0. The van der Waals surface area contributed by atoms with Crippen LogP contribution in [0.25, 0.3) is 0 Å². The number of nitrogens with zero attached hydrogens (tertiary/aromatic N) is 1. The van der Waals surface area contributed by atoms with E-state index in [-0.39, 0.29) is 17.7 Å². The number of carbonyl (C=O) groups excluding carboxylic acids is 2. The molecule has 19 heavy (non-hydrogen) atoms. The van der Waals surface area contributed by atoms with Gasteiger partial charge >= 0.3 is 0 Å². The van der Waals surface area contributed by atoms with Crippen molar-refractivity contribution in [2.45, 2.75) is 53.2 Å². The van der Waals surface area contributed by atoms with Gasteiger partial charge in [-0.15, -0.1) is 0 Å². The van der Waals surface area contributed by atoms with Gasteiger partial charge in [-0.05, 0) is 12.8 Å². The van der Waals surface area contributed by atoms with E-state index in [0.717, 1.165) is 0 Å². The van der Waals surface area contributed by atoms with E-state index in [0.29, 0.717) is 13.1 Å². The SMILES string of the molecule is CC(NC(=O)C(C)(C)C)C(=O)N1CC(O)(C(C)C)C1. The maximum Gasteiger partial charge on any atom is 0.245 e. The van der Waals surface area contributed by atoms with Crippen molar-refractivity contribution in [2.75, 3.05) is 13.1 Å². The molecule has 0 aliphatic carbocycles. The Balaban J connectivity index is 2.51. The van der Waals surface area contributed by atoms with Crippen LogP contribution in [-0.2, 0) is 9.59 Å². The van der Waals surface area contributed by atoms with Crippen molar-refractivity contribution in [1.29, 1.82) is 0 Å². The fourth-order valence-electron chi connectivity index (χ4n) is 1.88. The van der Waals surface area contributed by atoms with Gasteiger partial charge in [-0.3, -0.25) is 9.59 Å². The molecule has 0 bridgehead atoms. The Labute approximate surface area is 115 Å². The third kappa shape index (κ3) is 3.47. The van der Waals surface area contributed by atoms with Gasteiger partial charge in [0.05, 0.1) is 13.1 Å². The summed E-state index contributed by atoms with van der Waals surface area (Å²) in [6, 6.07) is -0.552. The lowest BCUT2D eigenvalue weighted by Crippen LogP contribution is -2.68. The van der Waals surface area contributed by atoms with Crippen molar-refractivity contribution in [3.63, 3.8) is 0 Å². The highest BCUT2D eigenvalue weighted by Crippen LogP contribution is 2.29. The van der Waals surface area contributed by atoms with Crippen LogP contribution in [0.4, 0.5) is 0 Å². The summed E-state index contributed by atoms with van der Waals surface area (Å²) >= 11 is 0. The molecule has 0 aromatic heterocycles. The standard InChI is InChI=1S/C14H26N2O3/c1-9(2)14(19)7-16(8-14)11(17)10(3)15-12(18)13(4,5)6/h9-10,19H,7-8H2,1-6H3,(H,15,18). The number of hydrogen-bond acceptors (Lipinski definition) is 3. The molecule has 0 radical (unpaired) electrons. The minimum absolute atomic E-state index is 0.121. The highest BCUT2D eigenvalue weighted by atomic mass is 16.3. The fraction of sp³-hybridized carbons (Fsp3) is 0.857. The lowest BCUT2D eigenvalue weighted by molar-refractivity contribution is -0.166. The van der Waals surface area contributed by atoms with Gasteiger partial charge in [0.25, 0.3) is 0 Å². The summed E-state index contributed by atoms with van der Waals surface area (Å²) < 4.78 is 0. The van der Waals surface area contributed by atoms with Gasteiger partial charge in [-0.2, -0.15) is 0 Å². The van der Waals surface area contributed by atoms with Crippen molar-refractivity contribution in [1.82, 2.24) is 10.2 Å². The van der Waals surface area contributed by atoms with Crippen molar-refractivity contribution >= 4 is 11.8 Å². The van der Waals surface area contributed by atoms with E-state index in [1.54, 1.807) is 32.6 Å². The predicted octanol–water partition coefficient (Wildman–Crippen LogP) is 0.766. The van der Waals surface area contributed by atoms with Gasteiger partial charge in [0.2, 0.25) is 11.8 Å². The second-order valence-corrected chi connectivity index (χ2v) is 6.90. The number of amides is 2. The molecule has 2 N–H and O–H groups in total. The van der Waals surface area contributed by atoms with Crippen molar-refractivity contribution < 1.29 is 14.7 Å². The van der Waals surface area contributed by atoms with Crippen LogP contribution in [0.15, 0.2) is 0 Å².